The molecule has 0 aromatic heterocycles. The highest BCUT2D eigenvalue weighted by Crippen LogP contribution is 2.21. The zero-order valence-corrected chi connectivity index (χ0v) is 11.7. The minimum absolute atomic E-state index is 1.08. The number of hydrogen-bond acceptors (Lipinski definition) is 1. The number of nitrogens with one attached hydrogen (secondary N) is 1. The van der Waals surface area contributed by atoms with Gasteiger partial charge in [-0.05, 0) is 42.3 Å². The van der Waals surface area contributed by atoms with Gasteiger partial charge in [0.05, 0.1) is 0 Å². The first-order valence-corrected chi connectivity index (χ1v) is 6.71. The van der Waals surface area contributed by atoms with Gasteiger partial charge in [-0.2, -0.15) is 0 Å². The van der Waals surface area contributed by atoms with Crippen molar-refractivity contribution in [2.24, 2.45) is 0 Å². The van der Waals surface area contributed by atoms with E-state index in [4.69, 9.17) is 0 Å². The second kappa shape index (κ2) is 7.15. The number of para-hydroxylation sites is 1. The first kappa shape index (κ1) is 13.9. The molecule has 1 N–H and O–H groups in total. The molecule has 2 aromatic carbocycles. The summed E-state index contributed by atoms with van der Waals surface area (Å²) in [7, 11) is 0. The molecule has 0 aliphatic carbocycles. The maximum absolute atomic E-state index is 3.86. The molecule has 0 amide bonds. The largest absolute Gasteiger partial charge is 0.356 e. The summed E-state index contributed by atoms with van der Waals surface area (Å²) in [5, 5.41) is 3.37. The Morgan fingerprint density at radius 3 is 2.20 bits per heavy atom. The fourth-order valence-electron chi connectivity index (χ4n) is 1.92. The quantitative estimate of drug-likeness (QED) is 0.693. The third-order valence-electron chi connectivity index (χ3n) is 2.97. The van der Waals surface area contributed by atoms with Crippen molar-refractivity contribution in [3.63, 3.8) is 0 Å². The molecule has 0 spiro atoms. The van der Waals surface area contributed by atoms with Gasteiger partial charge in [0.1, 0.15) is 0 Å². The lowest BCUT2D eigenvalue weighted by Gasteiger charge is -2.08. The smallest absolute Gasteiger partial charge is 0.0384 e. The van der Waals surface area contributed by atoms with Crippen LogP contribution in [-0.4, -0.2) is 0 Å². The van der Waals surface area contributed by atoms with Crippen molar-refractivity contribution in [1.29, 1.82) is 0 Å². The van der Waals surface area contributed by atoms with Gasteiger partial charge in [-0.15, -0.1) is 0 Å². The van der Waals surface area contributed by atoms with Crippen LogP contribution in [0.5, 0.6) is 0 Å². The predicted octanol–water partition coefficient (Wildman–Crippen LogP) is 5.58. The molecule has 0 bridgehead atoms. The zero-order valence-electron chi connectivity index (χ0n) is 11.7. The lowest BCUT2D eigenvalue weighted by atomic mass is 10.1. The summed E-state index contributed by atoms with van der Waals surface area (Å²) in [5.41, 5.74) is 4.45. The molecule has 0 saturated heterocycles. The van der Waals surface area contributed by atoms with E-state index in [-0.39, 0.29) is 0 Å². The molecule has 0 aliphatic heterocycles. The Morgan fingerprint density at radius 2 is 1.60 bits per heavy atom. The third-order valence-corrected chi connectivity index (χ3v) is 2.97. The fraction of sp³-hybridized carbons (Fsp3) is 0.0526. The minimum Gasteiger partial charge on any atom is -0.356 e. The molecule has 2 rings (SSSR count). The topological polar surface area (TPSA) is 12.0 Å². The van der Waals surface area contributed by atoms with Crippen molar-refractivity contribution in [2.45, 2.75) is 6.92 Å². The van der Waals surface area contributed by atoms with Crippen LogP contribution in [0.15, 0.2) is 85.5 Å². The first-order chi connectivity index (χ1) is 9.83. The van der Waals surface area contributed by atoms with Gasteiger partial charge >= 0.3 is 0 Å². The van der Waals surface area contributed by atoms with Crippen molar-refractivity contribution in [2.75, 3.05) is 5.32 Å². The molecule has 1 heteroatoms. The third kappa shape index (κ3) is 3.72. The Bertz CT molecular complexity index is 604. The summed E-state index contributed by atoms with van der Waals surface area (Å²) >= 11 is 0. The van der Waals surface area contributed by atoms with Crippen LogP contribution in [0.2, 0.25) is 0 Å². The van der Waals surface area contributed by atoms with Crippen LogP contribution in [-0.2, 0) is 0 Å². The van der Waals surface area contributed by atoms with Crippen LogP contribution in [0.4, 0.5) is 11.4 Å². The number of anilines is 2. The van der Waals surface area contributed by atoms with Crippen molar-refractivity contribution >= 4 is 16.9 Å². The molecule has 0 aliphatic rings. The number of benzene rings is 2. The Hall–Kier alpha value is -2.54. The van der Waals surface area contributed by atoms with Crippen LogP contribution in [0, 0.1) is 0 Å². The molecule has 20 heavy (non-hydrogen) atoms. The summed E-state index contributed by atoms with van der Waals surface area (Å²) in [4.78, 5) is 0. The van der Waals surface area contributed by atoms with E-state index in [1.54, 1.807) is 0 Å². The predicted molar refractivity (Wildman–Crippen MR) is 89.2 cm³/mol. The molecule has 2 aromatic rings. The highest BCUT2D eigenvalue weighted by Gasteiger charge is 1.98. The van der Waals surface area contributed by atoms with E-state index in [0.29, 0.717) is 0 Å². The highest BCUT2D eigenvalue weighted by atomic mass is 14.9. The zero-order chi connectivity index (χ0) is 14.2. The molecule has 0 saturated carbocycles. The molecule has 0 atom stereocenters. The summed E-state index contributed by atoms with van der Waals surface area (Å²) in [6.45, 7) is 5.87. The Kier molecular flexibility index (Phi) is 4.96. The Labute approximate surface area is 121 Å². The van der Waals surface area contributed by atoms with Gasteiger partial charge in [0.2, 0.25) is 0 Å². The SMILES string of the molecule is C=C/C(=C\C=C/C)c1ccc(Nc2ccccc2)cc1. The van der Waals surface area contributed by atoms with E-state index in [2.05, 4.69) is 54.4 Å². The summed E-state index contributed by atoms with van der Waals surface area (Å²) in [6, 6.07) is 18.5. The minimum atomic E-state index is 1.08. The van der Waals surface area contributed by atoms with E-state index >= 15 is 0 Å². The van der Waals surface area contributed by atoms with Crippen molar-refractivity contribution in [3.05, 3.63) is 91.0 Å². The summed E-state index contributed by atoms with van der Waals surface area (Å²) in [5.74, 6) is 0. The Balaban J connectivity index is 2.15. The number of hydrogen-bond donors (Lipinski definition) is 1. The van der Waals surface area contributed by atoms with Gasteiger partial charge in [-0.1, -0.05) is 61.2 Å². The van der Waals surface area contributed by atoms with Gasteiger partial charge < -0.3 is 5.32 Å². The van der Waals surface area contributed by atoms with Crippen molar-refractivity contribution in [3.8, 4) is 0 Å². The second-order valence-electron chi connectivity index (χ2n) is 4.42. The maximum atomic E-state index is 3.86. The van der Waals surface area contributed by atoms with Crippen LogP contribution < -0.4 is 5.32 Å². The van der Waals surface area contributed by atoms with Gasteiger partial charge in [0, 0.05) is 11.4 Å². The molecular weight excluding hydrogens is 242 g/mol. The normalized spacial score (nSPS) is 11.6. The maximum Gasteiger partial charge on any atom is 0.0384 e. The number of rotatable bonds is 5. The molecule has 0 unspecified atom stereocenters. The molecule has 1 nitrogen and oxygen atoms in total. The molecule has 0 heterocycles. The van der Waals surface area contributed by atoms with Crippen molar-refractivity contribution in [1.82, 2.24) is 0 Å². The molecule has 100 valence electrons. The summed E-state index contributed by atoms with van der Waals surface area (Å²) in [6.07, 6.45) is 7.97. The van der Waals surface area contributed by atoms with Crippen LogP contribution in [0.25, 0.3) is 5.57 Å². The van der Waals surface area contributed by atoms with Crippen molar-refractivity contribution < 1.29 is 0 Å². The van der Waals surface area contributed by atoms with E-state index in [1.807, 2.05) is 43.4 Å². The average Bonchev–Trinajstić information content (AvgIpc) is 2.50. The monoisotopic (exact) mass is 261 g/mol. The standard InChI is InChI=1S/C19H19N/c1-3-5-9-16(4-2)17-12-14-19(15-13-17)20-18-10-7-6-8-11-18/h3-15,20H,2H2,1H3/b5-3-,16-9+. The average molecular weight is 261 g/mol. The van der Waals surface area contributed by atoms with Crippen LogP contribution in [0.3, 0.4) is 0 Å². The fourth-order valence-corrected chi connectivity index (χ4v) is 1.92. The van der Waals surface area contributed by atoms with E-state index < -0.39 is 0 Å². The molecule has 0 radical (unpaired) electrons. The van der Waals surface area contributed by atoms with Gasteiger partial charge in [-0.3, -0.25) is 0 Å². The highest BCUT2D eigenvalue weighted by molar-refractivity contribution is 5.76. The summed E-state index contributed by atoms with van der Waals surface area (Å²) < 4.78 is 0. The number of allylic oxidation sites excluding steroid dienone is 5. The molecular formula is C19H19N. The first-order valence-electron chi connectivity index (χ1n) is 6.71. The van der Waals surface area contributed by atoms with E-state index in [1.165, 1.54) is 0 Å². The van der Waals surface area contributed by atoms with Crippen LogP contribution in [0.1, 0.15) is 12.5 Å². The van der Waals surface area contributed by atoms with Gasteiger partial charge in [0.15, 0.2) is 0 Å². The van der Waals surface area contributed by atoms with E-state index in [9.17, 15) is 0 Å². The lowest BCUT2D eigenvalue weighted by Crippen LogP contribution is -1.90. The molecule has 0 fully saturated rings. The van der Waals surface area contributed by atoms with Crippen LogP contribution >= 0.6 is 0 Å². The Morgan fingerprint density at radius 1 is 0.950 bits per heavy atom. The van der Waals surface area contributed by atoms with E-state index in [0.717, 1.165) is 22.5 Å². The second-order valence-corrected chi connectivity index (χ2v) is 4.42. The van der Waals surface area contributed by atoms with Gasteiger partial charge in [-0.25, -0.2) is 0 Å². The van der Waals surface area contributed by atoms with Gasteiger partial charge in [0.25, 0.3) is 0 Å². The lowest BCUT2D eigenvalue weighted by molar-refractivity contribution is 1.53.